The summed E-state index contributed by atoms with van der Waals surface area (Å²) in [6, 6.07) is 64.2. The molecule has 1 aliphatic carbocycles. The largest absolute Gasteiger partial charge is 0.314 e. The number of allylic oxidation sites excluding steroid dienone is 7. The van der Waals surface area contributed by atoms with Crippen molar-refractivity contribution in [3.63, 3.8) is 0 Å². The number of hydrogen-bond donors (Lipinski definition) is 0. The van der Waals surface area contributed by atoms with Gasteiger partial charge in [0.05, 0.1) is 11.4 Å². The van der Waals surface area contributed by atoms with Crippen molar-refractivity contribution in [3.05, 3.63) is 236 Å². The van der Waals surface area contributed by atoms with Crippen molar-refractivity contribution in [2.45, 2.75) is 26.7 Å². The van der Waals surface area contributed by atoms with E-state index in [0.29, 0.717) is 0 Å². The Kier molecular flexibility index (Phi) is 11.4. The van der Waals surface area contributed by atoms with E-state index in [1.54, 1.807) is 22.0 Å². The third kappa shape index (κ3) is 8.23. The summed E-state index contributed by atoms with van der Waals surface area (Å²) in [6.45, 7) is 4.18. The highest BCUT2D eigenvalue weighted by molar-refractivity contribution is 7.26. The molecule has 0 radical (unpaired) electrons. The van der Waals surface area contributed by atoms with E-state index in [1.807, 2.05) is 77.3 Å². The van der Waals surface area contributed by atoms with Crippen molar-refractivity contribution in [2.75, 3.05) is 9.80 Å². The first-order chi connectivity index (χ1) is 34.5. The Balaban J connectivity index is 0.917. The van der Waals surface area contributed by atoms with Crippen LogP contribution >= 0.6 is 22.7 Å². The molecule has 0 aliphatic heterocycles. The molecule has 10 heteroatoms. The number of hydrogen-bond acceptors (Lipinski definition) is 8. The average molecular weight is 943 g/mol. The van der Waals surface area contributed by atoms with Crippen LogP contribution in [0.25, 0.3) is 68.3 Å². The molecule has 0 spiro atoms. The summed E-state index contributed by atoms with van der Waals surface area (Å²) < 4.78 is 5.12. The lowest BCUT2D eigenvalue weighted by atomic mass is 9.94. The second-order valence-electron chi connectivity index (χ2n) is 17.2. The highest BCUT2D eigenvalue weighted by atomic mass is 32.1. The lowest BCUT2D eigenvalue weighted by molar-refractivity contribution is 0.715. The molecule has 0 unspecified atom stereocenters. The Hall–Kier alpha value is -8.44. The van der Waals surface area contributed by atoms with Gasteiger partial charge in [-0.3, -0.25) is 0 Å². The molecule has 1 aliphatic rings. The average Bonchev–Trinajstić information content (AvgIpc) is 4.15. The van der Waals surface area contributed by atoms with Gasteiger partial charge in [0.15, 0.2) is 0 Å². The fourth-order valence-electron chi connectivity index (χ4n) is 9.43. The van der Waals surface area contributed by atoms with E-state index in [0.717, 1.165) is 63.7 Å². The van der Waals surface area contributed by atoms with Gasteiger partial charge in [0.1, 0.15) is 11.0 Å². The Morgan fingerprint density at radius 3 is 1.76 bits per heavy atom. The van der Waals surface area contributed by atoms with E-state index in [4.69, 9.17) is 10.2 Å². The van der Waals surface area contributed by atoms with E-state index in [-0.39, 0.29) is 0 Å². The lowest BCUT2D eigenvalue weighted by Crippen LogP contribution is -2.22. The molecule has 0 atom stereocenters. The monoisotopic (exact) mass is 942 g/mol. The maximum atomic E-state index is 4.81. The predicted octanol–water partition coefficient (Wildman–Crippen LogP) is 16.4. The SMILES string of the molecule is C/C=C(\C=C(/C)n1nc2ccccc2n1)N(C1=CC=C(c2ccc(N(c3cccc(-n4nccccccn4)c3)c3ccc4sc5ccccc5c4c3)cc2)CC1)c1ccc2sc3ccccc3c2c1. The number of rotatable bonds is 10. The molecule has 7 aromatic carbocycles. The van der Waals surface area contributed by atoms with Gasteiger partial charge < -0.3 is 9.80 Å². The van der Waals surface area contributed by atoms with Crippen LogP contribution < -0.4 is 9.80 Å². The normalized spacial score (nSPS) is 13.2. The van der Waals surface area contributed by atoms with E-state index in [1.165, 1.54) is 57.2 Å². The Morgan fingerprint density at radius 2 is 1.11 bits per heavy atom. The molecule has 4 heterocycles. The zero-order chi connectivity index (χ0) is 47.0. The summed E-state index contributed by atoms with van der Waals surface area (Å²) >= 11 is 3.67. The third-order valence-electron chi connectivity index (χ3n) is 12.8. The Morgan fingerprint density at radius 1 is 0.529 bits per heavy atom. The van der Waals surface area contributed by atoms with Crippen LogP contribution in [0.5, 0.6) is 0 Å². The third-order valence-corrected chi connectivity index (χ3v) is 15.1. The maximum absolute atomic E-state index is 4.81. The first kappa shape index (κ1) is 42.9. The van der Waals surface area contributed by atoms with Crippen molar-refractivity contribution in [1.29, 1.82) is 0 Å². The van der Waals surface area contributed by atoms with Gasteiger partial charge in [-0.15, -0.1) is 32.9 Å². The van der Waals surface area contributed by atoms with Crippen LogP contribution in [-0.2, 0) is 0 Å². The van der Waals surface area contributed by atoms with Crippen LogP contribution in [0.4, 0.5) is 22.7 Å². The van der Waals surface area contributed by atoms with Crippen LogP contribution in [0, 0.1) is 0 Å². The van der Waals surface area contributed by atoms with Crippen LogP contribution in [0.15, 0.2) is 230 Å². The van der Waals surface area contributed by atoms with Crippen molar-refractivity contribution in [3.8, 4) is 5.69 Å². The first-order valence-electron chi connectivity index (χ1n) is 23.4. The minimum atomic E-state index is 0.850. The molecule has 0 saturated carbocycles. The number of nitrogens with zero attached hydrogens (tertiary/aromatic N) is 8. The molecule has 11 aromatic rings. The first-order valence-corrected chi connectivity index (χ1v) is 25.1. The number of thiophene rings is 2. The summed E-state index contributed by atoms with van der Waals surface area (Å²) in [4.78, 5) is 8.15. The minimum absolute atomic E-state index is 0.850. The molecule has 0 saturated heterocycles. The van der Waals surface area contributed by atoms with E-state index < -0.39 is 0 Å². The van der Waals surface area contributed by atoms with Crippen molar-refractivity contribution >= 4 is 108 Å². The fraction of sp³-hybridized carbons (Fsp3) is 0.0667. The standard InChI is InChI=1S/C60H46N8S2/c1-3-44(37-41(2)67-63-55-19-8-9-20-56(55)64-67)65(48-31-33-59-53(39-48)51-17-6-10-21-57(51)69-59)45-27-23-42(24-28-45)43-25-29-46(30-26-43)66(49-32-34-60-54(40-49)52-18-7-11-22-58(52)70-60)47-15-14-16-50(38-47)68-61-35-12-4-5-13-36-62-68/h3-23,25-27,29-40H,24,28H2,1-2H3/b12-4?,13-5?,41-37+,44-3+,61-35?,62-36?. The molecule has 0 fully saturated rings. The highest BCUT2D eigenvalue weighted by Gasteiger charge is 2.22. The molecule has 8 nitrogen and oxygen atoms in total. The Labute approximate surface area is 413 Å². The van der Waals surface area contributed by atoms with Crippen LogP contribution in [0.1, 0.15) is 32.3 Å². The molecular formula is C60H46N8S2. The van der Waals surface area contributed by atoms with E-state index in [2.05, 4.69) is 186 Å². The molecular weight excluding hydrogens is 897 g/mol. The fourth-order valence-corrected chi connectivity index (χ4v) is 11.6. The number of benzene rings is 7. The second kappa shape index (κ2) is 18.6. The quantitative estimate of drug-likeness (QED) is 0.127. The van der Waals surface area contributed by atoms with E-state index in [9.17, 15) is 0 Å². The van der Waals surface area contributed by atoms with Gasteiger partial charge in [-0.25, -0.2) is 0 Å². The highest BCUT2D eigenvalue weighted by Crippen LogP contribution is 2.43. The molecule has 12 rings (SSSR count). The van der Waals surface area contributed by atoms with Crippen molar-refractivity contribution < 1.29 is 0 Å². The van der Waals surface area contributed by atoms with Gasteiger partial charge in [0.2, 0.25) is 0 Å². The van der Waals surface area contributed by atoms with E-state index >= 15 is 0 Å². The maximum Gasteiger partial charge on any atom is 0.113 e. The zero-order valence-electron chi connectivity index (χ0n) is 38.6. The van der Waals surface area contributed by atoms with Gasteiger partial charge in [0, 0.05) is 86.9 Å². The summed E-state index contributed by atoms with van der Waals surface area (Å²) in [5, 5.41) is 23.9. The summed E-state index contributed by atoms with van der Waals surface area (Å²) in [5.74, 6) is 0. The lowest BCUT2D eigenvalue weighted by Gasteiger charge is -2.31. The van der Waals surface area contributed by atoms with Crippen LogP contribution in [0.2, 0.25) is 0 Å². The van der Waals surface area contributed by atoms with Gasteiger partial charge in [-0.1, -0.05) is 91.0 Å². The zero-order valence-corrected chi connectivity index (χ0v) is 40.2. The van der Waals surface area contributed by atoms with Gasteiger partial charge in [-0.2, -0.15) is 19.8 Å². The van der Waals surface area contributed by atoms with Crippen LogP contribution in [0.3, 0.4) is 0 Å². The summed E-state index contributed by atoms with van der Waals surface area (Å²) in [7, 11) is 0. The molecule has 70 heavy (non-hydrogen) atoms. The minimum Gasteiger partial charge on any atom is -0.314 e. The van der Waals surface area contributed by atoms with Crippen molar-refractivity contribution in [1.82, 2.24) is 30.0 Å². The van der Waals surface area contributed by atoms with Crippen molar-refractivity contribution in [2.24, 2.45) is 0 Å². The topological polar surface area (TPSA) is 67.9 Å². The summed E-state index contributed by atoms with van der Waals surface area (Å²) in [5.41, 5.74) is 12.5. The Bertz CT molecular complexity index is 3900. The summed E-state index contributed by atoms with van der Waals surface area (Å²) in [6.07, 6.45) is 14.2. The molecule has 0 N–H and O–H groups in total. The molecule has 0 bridgehead atoms. The van der Waals surface area contributed by atoms with Gasteiger partial charge in [0.25, 0.3) is 0 Å². The molecule has 0 amide bonds. The number of aromatic nitrogens is 6. The second-order valence-corrected chi connectivity index (χ2v) is 19.4. The van der Waals surface area contributed by atoms with Crippen LogP contribution in [-0.4, -0.2) is 30.0 Å². The molecule has 4 aromatic heterocycles. The smallest absolute Gasteiger partial charge is 0.113 e. The van der Waals surface area contributed by atoms with Gasteiger partial charge in [-0.05, 0) is 153 Å². The molecule has 338 valence electrons. The predicted molar refractivity (Wildman–Crippen MR) is 295 cm³/mol. The van der Waals surface area contributed by atoms with Gasteiger partial charge >= 0.3 is 0 Å². The number of fused-ring (bicyclic) bond motifs is 7. The number of anilines is 4.